The molecule has 0 saturated heterocycles. The monoisotopic (exact) mass is 373 g/mol. The maximum Gasteiger partial charge on any atom is 0.227 e. The average molecular weight is 374 g/mol. The van der Waals surface area contributed by atoms with E-state index in [4.69, 9.17) is 9.40 Å². The van der Waals surface area contributed by atoms with Crippen LogP contribution in [0.1, 0.15) is 61.9 Å². The van der Waals surface area contributed by atoms with Crippen molar-refractivity contribution in [2.24, 2.45) is 7.05 Å². The molecule has 0 unspecified atom stereocenters. The van der Waals surface area contributed by atoms with Crippen molar-refractivity contribution in [3.8, 4) is 11.3 Å². The number of nitrogens with zero attached hydrogens (tertiary/aromatic N) is 2. The van der Waals surface area contributed by atoms with E-state index < -0.39 is 0 Å². The van der Waals surface area contributed by atoms with Gasteiger partial charge in [-0.3, -0.25) is 0 Å². The fourth-order valence-electron chi connectivity index (χ4n) is 4.10. The summed E-state index contributed by atoms with van der Waals surface area (Å²) in [5, 5.41) is 2.21. The van der Waals surface area contributed by atoms with Gasteiger partial charge >= 0.3 is 0 Å². The summed E-state index contributed by atoms with van der Waals surface area (Å²) >= 11 is 0. The van der Waals surface area contributed by atoms with Gasteiger partial charge in [0.25, 0.3) is 0 Å². The van der Waals surface area contributed by atoms with Gasteiger partial charge in [-0.15, -0.1) is 0 Å². The first-order chi connectivity index (χ1) is 13.3. The van der Waals surface area contributed by atoms with E-state index in [2.05, 4.69) is 89.7 Å². The van der Waals surface area contributed by atoms with Crippen molar-refractivity contribution in [3.05, 3.63) is 58.9 Å². The molecule has 0 aliphatic heterocycles. The second-order valence-electron chi connectivity index (χ2n) is 8.54. The van der Waals surface area contributed by atoms with E-state index in [1.807, 2.05) is 0 Å². The normalized spacial score (nSPS) is 12.0. The molecule has 3 nitrogen and oxygen atoms in total. The van der Waals surface area contributed by atoms with Crippen LogP contribution in [-0.4, -0.2) is 4.98 Å². The topological polar surface area (TPSA) is 29.9 Å². The van der Waals surface area contributed by atoms with Crippen LogP contribution in [-0.2, 0) is 7.05 Å². The molecular formula is C25H29N2O+. The molecule has 3 heteroatoms. The Hall–Kier alpha value is -2.68. The van der Waals surface area contributed by atoms with Crippen LogP contribution in [0.15, 0.2) is 40.9 Å². The quantitative estimate of drug-likeness (QED) is 0.392. The zero-order valence-corrected chi connectivity index (χ0v) is 17.9. The first-order valence-corrected chi connectivity index (χ1v) is 10.1. The number of aryl methyl sites for hydroxylation is 3. The summed E-state index contributed by atoms with van der Waals surface area (Å²) in [6.07, 6.45) is 2.26. The number of pyridine rings is 2. The van der Waals surface area contributed by atoms with Gasteiger partial charge in [-0.1, -0.05) is 39.8 Å². The Bertz CT molecular complexity index is 1200. The smallest absolute Gasteiger partial charge is 0.227 e. The Balaban J connectivity index is 2.03. The van der Waals surface area contributed by atoms with Crippen molar-refractivity contribution in [1.29, 1.82) is 0 Å². The third-order valence-electron chi connectivity index (χ3n) is 5.73. The molecule has 144 valence electrons. The summed E-state index contributed by atoms with van der Waals surface area (Å²) in [4.78, 5) is 4.78. The highest BCUT2D eigenvalue weighted by molar-refractivity contribution is 6.08. The average Bonchev–Trinajstić information content (AvgIpc) is 3.00. The number of hydrogen-bond acceptors (Lipinski definition) is 2. The van der Waals surface area contributed by atoms with E-state index >= 15 is 0 Å². The van der Waals surface area contributed by atoms with Gasteiger partial charge in [-0.05, 0) is 48.9 Å². The summed E-state index contributed by atoms with van der Waals surface area (Å²) < 4.78 is 8.58. The first kappa shape index (κ1) is 18.7. The number of hydrogen-bond donors (Lipinski definition) is 0. The maximum absolute atomic E-state index is 6.36. The van der Waals surface area contributed by atoms with Crippen LogP contribution in [0.25, 0.3) is 33.3 Å². The summed E-state index contributed by atoms with van der Waals surface area (Å²) in [7, 11) is 2.12. The van der Waals surface area contributed by atoms with Crippen molar-refractivity contribution in [2.75, 3.05) is 0 Å². The second-order valence-corrected chi connectivity index (χ2v) is 8.54. The van der Waals surface area contributed by atoms with Crippen molar-refractivity contribution in [3.63, 3.8) is 0 Å². The van der Waals surface area contributed by atoms with Gasteiger partial charge in [0.05, 0.1) is 5.56 Å². The molecule has 0 spiro atoms. The number of benzene rings is 1. The summed E-state index contributed by atoms with van der Waals surface area (Å²) in [6.45, 7) is 13.2. The molecule has 3 heterocycles. The second kappa shape index (κ2) is 6.73. The fraction of sp³-hybridized carbons (Fsp3) is 0.360. The van der Waals surface area contributed by atoms with Gasteiger partial charge < -0.3 is 4.42 Å². The minimum absolute atomic E-state index is 0.378. The number of furan rings is 1. The van der Waals surface area contributed by atoms with Gasteiger partial charge in [0, 0.05) is 28.1 Å². The van der Waals surface area contributed by atoms with Crippen LogP contribution in [0.2, 0.25) is 0 Å². The largest absolute Gasteiger partial charge is 0.437 e. The Morgan fingerprint density at radius 3 is 2.29 bits per heavy atom. The molecule has 4 aromatic rings. The Labute approximate surface area is 167 Å². The van der Waals surface area contributed by atoms with Crippen LogP contribution < -0.4 is 4.57 Å². The van der Waals surface area contributed by atoms with Gasteiger partial charge in [0.1, 0.15) is 7.05 Å². The number of aromatic nitrogens is 2. The van der Waals surface area contributed by atoms with Gasteiger partial charge in [0.15, 0.2) is 11.8 Å². The fourth-order valence-corrected chi connectivity index (χ4v) is 4.10. The lowest BCUT2D eigenvalue weighted by atomic mass is 9.95. The first-order valence-electron chi connectivity index (χ1n) is 10.1. The van der Waals surface area contributed by atoms with Crippen LogP contribution >= 0.6 is 0 Å². The van der Waals surface area contributed by atoms with Crippen molar-refractivity contribution < 1.29 is 8.98 Å². The van der Waals surface area contributed by atoms with E-state index in [-0.39, 0.29) is 0 Å². The lowest BCUT2D eigenvalue weighted by Gasteiger charge is -2.11. The molecule has 1 aromatic carbocycles. The minimum Gasteiger partial charge on any atom is -0.437 e. The Kier molecular flexibility index (Phi) is 4.49. The van der Waals surface area contributed by atoms with E-state index in [9.17, 15) is 0 Å². The summed E-state index contributed by atoms with van der Waals surface area (Å²) in [5.74, 6) is 0.879. The molecule has 0 radical (unpaired) electrons. The molecule has 0 saturated carbocycles. The highest BCUT2D eigenvalue weighted by Gasteiger charge is 2.23. The van der Waals surface area contributed by atoms with E-state index in [0.717, 1.165) is 33.3 Å². The molecule has 0 aliphatic rings. The van der Waals surface area contributed by atoms with Crippen LogP contribution in [0, 0.1) is 13.8 Å². The van der Waals surface area contributed by atoms with Crippen LogP contribution in [0.4, 0.5) is 0 Å². The third-order valence-corrected chi connectivity index (χ3v) is 5.73. The molecule has 0 N–H and O–H groups in total. The summed E-state index contributed by atoms with van der Waals surface area (Å²) in [6, 6.07) is 10.9. The van der Waals surface area contributed by atoms with Crippen LogP contribution in [0.3, 0.4) is 0 Å². The SMILES string of the molecule is Cc1cc(-c2c(C)ccc3c2oc2nc(C(C)C)ccc23)[n+](C)cc1C(C)C. The zero-order valence-electron chi connectivity index (χ0n) is 17.9. The highest BCUT2D eigenvalue weighted by atomic mass is 16.3. The molecule has 0 amide bonds. The van der Waals surface area contributed by atoms with Gasteiger partial charge in [-0.25, -0.2) is 9.55 Å². The third kappa shape index (κ3) is 2.90. The molecule has 4 rings (SSSR count). The molecule has 0 atom stereocenters. The Morgan fingerprint density at radius 2 is 1.61 bits per heavy atom. The van der Waals surface area contributed by atoms with Crippen LogP contribution in [0.5, 0.6) is 0 Å². The van der Waals surface area contributed by atoms with Gasteiger partial charge in [-0.2, -0.15) is 0 Å². The highest BCUT2D eigenvalue weighted by Crippen LogP contribution is 2.37. The lowest BCUT2D eigenvalue weighted by Crippen LogP contribution is -2.32. The molecule has 3 aromatic heterocycles. The maximum atomic E-state index is 6.36. The van der Waals surface area contributed by atoms with E-state index in [1.54, 1.807) is 0 Å². The molecular weight excluding hydrogens is 344 g/mol. The zero-order chi connectivity index (χ0) is 20.2. The number of fused-ring (bicyclic) bond motifs is 3. The predicted molar refractivity (Wildman–Crippen MR) is 116 cm³/mol. The predicted octanol–water partition coefficient (Wildman–Crippen LogP) is 6.34. The molecule has 28 heavy (non-hydrogen) atoms. The molecule has 0 fully saturated rings. The molecule has 0 bridgehead atoms. The molecule has 0 aliphatic carbocycles. The van der Waals surface area contributed by atoms with E-state index in [1.165, 1.54) is 22.4 Å². The lowest BCUT2D eigenvalue weighted by molar-refractivity contribution is -0.660. The standard InChI is InChI=1S/C25H29N2O/c1-14(2)20-13-27(7)22(12-17(20)6)23-16(5)8-9-18-19-10-11-21(15(3)4)26-25(19)28-24(18)23/h8-15H,1-7H3/q+1. The van der Waals surface area contributed by atoms with Crippen molar-refractivity contribution in [1.82, 2.24) is 4.98 Å². The van der Waals surface area contributed by atoms with Crippen molar-refractivity contribution >= 4 is 22.1 Å². The van der Waals surface area contributed by atoms with Gasteiger partial charge in [0.2, 0.25) is 11.4 Å². The Morgan fingerprint density at radius 1 is 0.893 bits per heavy atom. The van der Waals surface area contributed by atoms with E-state index in [0.29, 0.717) is 11.8 Å². The van der Waals surface area contributed by atoms with Crippen molar-refractivity contribution in [2.45, 2.75) is 53.4 Å². The number of rotatable bonds is 3. The summed E-state index contributed by atoms with van der Waals surface area (Å²) in [5.41, 5.74) is 8.95. The minimum atomic E-state index is 0.378.